The monoisotopic (exact) mass is 145 g/mol. The normalized spacial score (nSPS) is 13.5. The van der Waals surface area contributed by atoms with E-state index in [2.05, 4.69) is 12.2 Å². The second kappa shape index (κ2) is 7.03. The molecule has 0 rings (SSSR count). The number of rotatable bonds is 6. The van der Waals surface area contributed by atoms with Crippen molar-refractivity contribution >= 4 is 0 Å². The zero-order valence-corrected chi connectivity index (χ0v) is 7.31. The van der Waals surface area contributed by atoms with Gasteiger partial charge in [0.15, 0.2) is 0 Å². The fourth-order valence-electron chi connectivity index (χ4n) is 1.01. The molecule has 0 bridgehead atoms. The summed E-state index contributed by atoms with van der Waals surface area (Å²) in [5, 5.41) is 3.11. The van der Waals surface area contributed by atoms with Crippen LogP contribution in [0.2, 0.25) is 0 Å². The van der Waals surface area contributed by atoms with Crippen LogP contribution in [-0.4, -0.2) is 26.8 Å². The highest BCUT2D eigenvalue weighted by Gasteiger charge is 2.03. The molecule has 62 valence electrons. The van der Waals surface area contributed by atoms with Crippen molar-refractivity contribution < 1.29 is 4.74 Å². The van der Waals surface area contributed by atoms with Crippen molar-refractivity contribution in [2.45, 2.75) is 32.3 Å². The van der Waals surface area contributed by atoms with Crippen LogP contribution in [0.25, 0.3) is 0 Å². The molecule has 2 nitrogen and oxygen atoms in total. The quantitative estimate of drug-likeness (QED) is 0.610. The van der Waals surface area contributed by atoms with Gasteiger partial charge in [0.25, 0.3) is 0 Å². The molecule has 0 aromatic carbocycles. The maximum atomic E-state index is 5.25. The smallest absolute Gasteiger partial charge is 0.0583 e. The average molecular weight is 145 g/mol. The number of nitrogens with one attached hydrogen (secondary N) is 1. The van der Waals surface area contributed by atoms with Crippen molar-refractivity contribution in [1.82, 2.24) is 5.32 Å². The van der Waals surface area contributed by atoms with Crippen LogP contribution >= 0.6 is 0 Å². The number of methoxy groups -OCH3 is 1. The summed E-state index contributed by atoms with van der Waals surface area (Å²) in [5.74, 6) is 0. The minimum atomic E-state index is 0.456. The minimum absolute atomic E-state index is 0.456. The van der Waals surface area contributed by atoms with E-state index in [0.717, 1.165) is 13.0 Å². The Morgan fingerprint density at radius 3 is 2.50 bits per heavy atom. The fraction of sp³-hybridized carbons (Fsp3) is 1.00. The lowest BCUT2D eigenvalue weighted by molar-refractivity contribution is 0.0879. The first kappa shape index (κ1) is 9.92. The van der Waals surface area contributed by atoms with Crippen LogP contribution in [0.4, 0.5) is 0 Å². The first-order valence-corrected chi connectivity index (χ1v) is 4.02. The van der Waals surface area contributed by atoms with Gasteiger partial charge >= 0.3 is 0 Å². The van der Waals surface area contributed by atoms with Crippen LogP contribution in [0.3, 0.4) is 0 Å². The molecule has 0 saturated carbocycles. The first-order valence-electron chi connectivity index (χ1n) is 4.02. The summed E-state index contributed by atoms with van der Waals surface area (Å²) in [5.41, 5.74) is 0. The standard InChI is InChI=1S/C8H19NO/c1-4-5-8(10-3)6-7-9-2/h8-9H,4-7H2,1-3H3/t8-/m1/s1. The molecular formula is C8H19NO. The van der Waals surface area contributed by atoms with Crippen LogP contribution in [0.15, 0.2) is 0 Å². The second-order valence-corrected chi connectivity index (χ2v) is 2.54. The molecule has 0 heterocycles. The van der Waals surface area contributed by atoms with E-state index in [0.29, 0.717) is 6.10 Å². The van der Waals surface area contributed by atoms with Crippen molar-refractivity contribution in [2.75, 3.05) is 20.7 Å². The van der Waals surface area contributed by atoms with Crippen LogP contribution in [0.5, 0.6) is 0 Å². The Morgan fingerprint density at radius 2 is 2.10 bits per heavy atom. The summed E-state index contributed by atoms with van der Waals surface area (Å²) in [6.07, 6.45) is 3.97. The predicted molar refractivity (Wildman–Crippen MR) is 44.2 cm³/mol. The second-order valence-electron chi connectivity index (χ2n) is 2.54. The zero-order valence-electron chi connectivity index (χ0n) is 7.31. The van der Waals surface area contributed by atoms with E-state index < -0.39 is 0 Å². The summed E-state index contributed by atoms with van der Waals surface area (Å²) in [4.78, 5) is 0. The molecule has 10 heavy (non-hydrogen) atoms. The molecule has 0 spiro atoms. The Morgan fingerprint density at radius 1 is 1.40 bits per heavy atom. The average Bonchev–Trinajstić information content (AvgIpc) is 1.98. The molecule has 0 saturated heterocycles. The summed E-state index contributed by atoms with van der Waals surface area (Å²) in [7, 11) is 3.76. The van der Waals surface area contributed by atoms with E-state index >= 15 is 0 Å². The van der Waals surface area contributed by atoms with Gasteiger partial charge in [-0.25, -0.2) is 0 Å². The highest BCUT2D eigenvalue weighted by atomic mass is 16.5. The molecule has 0 aliphatic rings. The molecule has 0 aromatic heterocycles. The van der Waals surface area contributed by atoms with E-state index in [4.69, 9.17) is 4.74 Å². The fourth-order valence-corrected chi connectivity index (χ4v) is 1.01. The maximum Gasteiger partial charge on any atom is 0.0583 e. The lowest BCUT2D eigenvalue weighted by atomic mass is 10.1. The first-order chi connectivity index (χ1) is 4.85. The third-order valence-corrected chi connectivity index (χ3v) is 1.66. The Kier molecular flexibility index (Phi) is 6.98. The van der Waals surface area contributed by atoms with Gasteiger partial charge in [-0.3, -0.25) is 0 Å². The number of ether oxygens (including phenoxy) is 1. The number of hydrogen-bond donors (Lipinski definition) is 1. The maximum absolute atomic E-state index is 5.25. The zero-order chi connectivity index (χ0) is 7.82. The van der Waals surface area contributed by atoms with Gasteiger partial charge in [0.2, 0.25) is 0 Å². The highest BCUT2D eigenvalue weighted by molar-refractivity contribution is 4.57. The van der Waals surface area contributed by atoms with E-state index in [1.54, 1.807) is 7.11 Å². The van der Waals surface area contributed by atoms with Crippen LogP contribution < -0.4 is 5.32 Å². The molecule has 2 heteroatoms. The van der Waals surface area contributed by atoms with Gasteiger partial charge in [-0.15, -0.1) is 0 Å². The molecule has 0 radical (unpaired) electrons. The van der Waals surface area contributed by atoms with E-state index in [1.165, 1.54) is 12.8 Å². The summed E-state index contributed by atoms with van der Waals surface area (Å²) in [6, 6.07) is 0. The highest BCUT2D eigenvalue weighted by Crippen LogP contribution is 2.03. The summed E-state index contributed by atoms with van der Waals surface area (Å²) >= 11 is 0. The predicted octanol–water partition coefficient (Wildman–Crippen LogP) is 1.41. The SMILES string of the molecule is CCC[C@H](CCNC)OC. The third kappa shape index (κ3) is 4.77. The lowest BCUT2D eigenvalue weighted by Crippen LogP contribution is -2.18. The molecular weight excluding hydrogens is 126 g/mol. The minimum Gasteiger partial charge on any atom is -0.381 e. The Hall–Kier alpha value is -0.0800. The van der Waals surface area contributed by atoms with E-state index in [1.807, 2.05) is 7.05 Å². The van der Waals surface area contributed by atoms with Gasteiger partial charge < -0.3 is 10.1 Å². The topological polar surface area (TPSA) is 21.3 Å². The van der Waals surface area contributed by atoms with Crippen LogP contribution in [-0.2, 0) is 4.74 Å². The van der Waals surface area contributed by atoms with Crippen molar-refractivity contribution in [3.05, 3.63) is 0 Å². The van der Waals surface area contributed by atoms with Crippen LogP contribution in [0, 0.1) is 0 Å². The van der Waals surface area contributed by atoms with Crippen molar-refractivity contribution in [3.63, 3.8) is 0 Å². The molecule has 0 aliphatic carbocycles. The Labute approximate surface area is 64.0 Å². The molecule has 1 N–H and O–H groups in total. The largest absolute Gasteiger partial charge is 0.381 e. The molecule has 0 amide bonds. The third-order valence-electron chi connectivity index (χ3n) is 1.66. The van der Waals surface area contributed by atoms with Gasteiger partial charge in [-0.1, -0.05) is 13.3 Å². The number of hydrogen-bond acceptors (Lipinski definition) is 2. The van der Waals surface area contributed by atoms with Gasteiger partial charge in [0.05, 0.1) is 6.10 Å². The van der Waals surface area contributed by atoms with Gasteiger partial charge in [0, 0.05) is 7.11 Å². The van der Waals surface area contributed by atoms with Crippen molar-refractivity contribution in [3.8, 4) is 0 Å². The van der Waals surface area contributed by atoms with Gasteiger partial charge in [0.1, 0.15) is 0 Å². The van der Waals surface area contributed by atoms with E-state index in [-0.39, 0.29) is 0 Å². The summed E-state index contributed by atoms with van der Waals surface area (Å²) in [6.45, 7) is 3.24. The molecule has 1 atom stereocenters. The molecule has 0 unspecified atom stereocenters. The Bertz CT molecular complexity index is 66.3. The van der Waals surface area contributed by atoms with Crippen LogP contribution in [0.1, 0.15) is 26.2 Å². The Balaban J connectivity index is 3.21. The molecule has 0 aliphatic heterocycles. The summed E-state index contributed by atoms with van der Waals surface area (Å²) < 4.78 is 5.25. The van der Waals surface area contributed by atoms with Crippen molar-refractivity contribution in [1.29, 1.82) is 0 Å². The molecule has 0 fully saturated rings. The molecule has 0 aromatic rings. The van der Waals surface area contributed by atoms with Gasteiger partial charge in [-0.05, 0) is 26.4 Å². The van der Waals surface area contributed by atoms with Crippen molar-refractivity contribution in [2.24, 2.45) is 0 Å². The van der Waals surface area contributed by atoms with Gasteiger partial charge in [-0.2, -0.15) is 0 Å². The lowest BCUT2D eigenvalue weighted by Gasteiger charge is -2.12. The van der Waals surface area contributed by atoms with E-state index in [9.17, 15) is 0 Å².